The fraction of sp³-hybridized carbons (Fsp3) is 0.429. The summed E-state index contributed by atoms with van der Waals surface area (Å²) in [6.45, 7) is 4.57. The topological polar surface area (TPSA) is 74.2 Å². The van der Waals surface area contributed by atoms with E-state index in [2.05, 4.69) is 16.7 Å². The van der Waals surface area contributed by atoms with Crippen LogP contribution in [0.2, 0.25) is 0 Å². The third kappa shape index (κ3) is 4.27. The lowest BCUT2D eigenvalue weighted by atomic mass is 10.1. The number of methoxy groups -OCH3 is 1. The van der Waals surface area contributed by atoms with E-state index in [1.807, 2.05) is 19.1 Å². The maximum Gasteiger partial charge on any atom is 0.242 e. The smallest absolute Gasteiger partial charge is 0.242 e. The van der Waals surface area contributed by atoms with Crippen LogP contribution in [0.15, 0.2) is 18.2 Å². The molecule has 0 fully saturated rings. The molecule has 19 heavy (non-hydrogen) atoms. The molecule has 5 nitrogen and oxygen atoms in total. The van der Waals surface area contributed by atoms with Crippen LogP contribution in [0.25, 0.3) is 0 Å². The molecule has 0 heterocycles. The summed E-state index contributed by atoms with van der Waals surface area (Å²) in [6.07, 6.45) is 0. The number of ether oxygens (including phenoxy) is 1. The Morgan fingerprint density at radius 2 is 2.26 bits per heavy atom. The van der Waals surface area contributed by atoms with Crippen molar-refractivity contribution in [2.75, 3.05) is 25.6 Å². The van der Waals surface area contributed by atoms with Crippen LogP contribution in [0.1, 0.15) is 18.1 Å². The number of carbonyl (C=O) groups excluding carboxylic acids is 1. The van der Waals surface area contributed by atoms with Crippen LogP contribution in [0.3, 0.4) is 0 Å². The molecule has 1 atom stereocenters. The fourth-order valence-corrected chi connectivity index (χ4v) is 1.66. The highest BCUT2D eigenvalue weighted by molar-refractivity contribution is 5.84. The number of aryl methyl sites for hydroxylation is 1. The van der Waals surface area contributed by atoms with Gasteiger partial charge in [-0.3, -0.25) is 4.79 Å². The molecule has 5 heteroatoms. The van der Waals surface area contributed by atoms with Crippen molar-refractivity contribution < 1.29 is 9.53 Å². The molecule has 0 bridgehead atoms. The van der Waals surface area contributed by atoms with Gasteiger partial charge >= 0.3 is 0 Å². The quantitative estimate of drug-likeness (QED) is 0.760. The van der Waals surface area contributed by atoms with E-state index in [9.17, 15) is 4.79 Å². The Hall–Kier alpha value is -2.06. The van der Waals surface area contributed by atoms with Crippen LogP contribution in [-0.2, 0) is 9.53 Å². The van der Waals surface area contributed by atoms with Gasteiger partial charge in [-0.2, -0.15) is 5.26 Å². The van der Waals surface area contributed by atoms with Crippen molar-refractivity contribution in [2.45, 2.75) is 19.9 Å². The minimum atomic E-state index is -0.411. The first kappa shape index (κ1) is 15.0. The Kier molecular flexibility index (Phi) is 5.83. The monoisotopic (exact) mass is 261 g/mol. The standard InChI is InChI=1S/C14H19N3O2/c1-10-5-4-6-13(12(10)9-15)17-11(2)14(18)16-7-8-19-3/h4-6,11,17H,7-8H2,1-3H3,(H,16,18). The van der Waals surface area contributed by atoms with Gasteiger partial charge in [0.2, 0.25) is 5.91 Å². The van der Waals surface area contributed by atoms with Gasteiger partial charge in [0.25, 0.3) is 0 Å². The van der Waals surface area contributed by atoms with E-state index in [1.54, 1.807) is 20.1 Å². The first-order chi connectivity index (χ1) is 9.10. The second-order valence-electron chi connectivity index (χ2n) is 4.26. The van der Waals surface area contributed by atoms with Gasteiger partial charge in [0.1, 0.15) is 12.1 Å². The highest BCUT2D eigenvalue weighted by atomic mass is 16.5. The van der Waals surface area contributed by atoms with Gasteiger partial charge in [-0.15, -0.1) is 0 Å². The molecule has 1 rings (SSSR count). The summed E-state index contributed by atoms with van der Waals surface area (Å²) < 4.78 is 4.86. The SMILES string of the molecule is COCCNC(=O)C(C)Nc1cccc(C)c1C#N. The molecule has 1 unspecified atom stereocenters. The summed E-state index contributed by atoms with van der Waals surface area (Å²) in [6, 6.07) is 7.25. The van der Waals surface area contributed by atoms with E-state index < -0.39 is 6.04 Å². The summed E-state index contributed by atoms with van der Waals surface area (Å²) >= 11 is 0. The van der Waals surface area contributed by atoms with E-state index >= 15 is 0 Å². The molecule has 1 aromatic rings. The average molecular weight is 261 g/mol. The number of nitriles is 1. The Labute approximate surface area is 113 Å². The second kappa shape index (κ2) is 7.39. The maximum absolute atomic E-state index is 11.8. The zero-order chi connectivity index (χ0) is 14.3. The van der Waals surface area contributed by atoms with Gasteiger partial charge < -0.3 is 15.4 Å². The van der Waals surface area contributed by atoms with Crippen LogP contribution in [0, 0.1) is 18.3 Å². The van der Waals surface area contributed by atoms with E-state index in [1.165, 1.54) is 0 Å². The van der Waals surface area contributed by atoms with Crippen LogP contribution >= 0.6 is 0 Å². The molecule has 0 aliphatic heterocycles. The highest BCUT2D eigenvalue weighted by Gasteiger charge is 2.14. The van der Waals surface area contributed by atoms with Crippen molar-refractivity contribution in [2.24, 2.45) is 0 Å². The molecule has 0 aliphatic carbocycles. The van der Waals surface area contributed by atoms with E-state index in [0.29, 0.717) is 24.4 Å². The van der Waals surface area contributed by atoms with Crippen LogP contribution in [0.4, 0.5) is 5.69 Å². The number of anilines is 1. The second-order valence-corrected chi connectivity index (χ2v) is 4.26. The molecule has 0 saturated carbocycles. The molecular formula is C14H19N3O2. The molecule has 1 amide bonds. The molecule has 0 aromatic heterocycles. The lowest BCUT2D eigenvalue weighted by molar-refractivity contribution is -0.121. The van der Waals surface area contributed by atoms with Crippen LogP contribution in [0.5, 0.6) is 0 Å². The van der Waals surface area contributed by atoms with Gasteiger partial charge in [0.15, 0.2) is 0 Å². The van der Waals surface area contributed by atoms with E-state index in [4.69, 9.17) is 10.00 Å². The average Bonchev–Trinajstić information content (AvgIpc) is 2.39. The number of hydrogen-bond donors (Lipinski definition) is 2. The molecule has 0 aliphatic rings. The van der Waals surface area contributed by atoms with Crippen molar-refractivity contribution in [3.05, 3.63) is 29.3 Å². The summed E-state index contributed by atoms with van der Waals surface area (Å²) in [4.78, 5) is 11.8. The Morgan fingerprint density at radius 1 is 1.53 bits per heavy atom. The summed E-state index contributed by atoms with van der Waals surface area (Å²) in [5, 5.41) is 14.9. The first-order valence-electron chi connectivity index (χ1n) is 6.13. The van der Waals surface area contributed by atoms with Crippen molar-refractivity contribution in [3.63, 3.8) is 0 Å². The summed E-state index contributed by atoms with van der Waals surface area (Å²) in [7, 11) is 1.58. The fourth-order valence-electron chi connectivity index (χ4n) is 1.66. The number of carbonyl (C=O) groups is 1. The lowest BCUT2D eigenvalue weighted by Gasteiger charge is -2.16. The van der Waals surface area contributed by atoms with E-state index in [-0.39, 0.29) is 5.91 Å². The van der Waals surface area contributed by atoms with Gasteiger partial charge in [-0.1, -0.05) is 12.1 Å². The number of amides is 1. The largest absolute Gasteiger partial charge is 0.383 e. The van der Waals surface area contributed by atoms with Gasteiger partial charge in [-0.05, 0) is 25.5 Å². The van der Waals surface area contributed by atoms with Crippen molar-refractivity contribution in [3.8, 4) is 6.07 Å². The Bertz CT molecular complexity index is 480. The number of rotatable bonds is 6. The zero-order valence-electron chi connectivity index (χ0n) is 11.5. The molecule has 102 valence electrons. The van der Waals surface area contributed by atoms with Crippen molar-refractivity contribution >= 4 is 11.6 Å². The number of nitrogens with one attached hydrogen (secondary N) is 2. The number of hydrogen-bond acceptors (Lipinski definition) is 4. The highest BCUT2D eigenvalue weighted by Crippen LogP contribution is 2.19. The molecular weight excluding hydrogens is 242 g/mol. The molecule has 0 spiro atoms. The maximum atomic E-state index is 11.8. The summed E-state index contributed by atoms with van der Waals surface area (Å²) in [5.74, 6) is -0.123. The predicted molar refractivity (Wildman–Crippen MR) is 73.9 cm³/mol. The normalized spacial score (nSPS) is 11.5. The van der Waals surface area contributed by atoms with Crippen molar-refractivity contribution in [1.29, 1.82) is 5.26 Å². The van der Waals surface area contributed by atoms with E-state index in [0.717, 1.165) is 5.56 Å². The Balaban J connectivity index is 2.67. The molecule has 2 N–H and O–H groups in total. The lowest BCUT2D eigenvalue weighted by Crippen LogP contribution is -2.39. The van der Waals surface area contributed by atoms with Gasteiger partial charge in [0.05, 0.1) is 17.9 Å². The third-order valence-corrected chi connectivity index (χ3v) is 2.76. The number of benzene rings is 1. The molecule has 0 radical (unpaired) electrons. The van der Waals surface area contributed by atoms with Crippen LogP contribution < -0.4 is 10.6 Å². The number of nitrogens with zero attached hydrogens (tertiary/aromatic N) is 1. The molecule has 0 saturated heterocycles. The minimum Gasteiger partial charge on any atom is -0.383 e. The van der Waals surface area contributed by atoms with Gasteiger partial charge in [0, 0.05) is 13.7 Å². The predicted octanol–water partition coefficient (Wildman–Crippen LogP) is 1.43. The first-order valence-corrected chi connectivity index (χ1v) is 6.13. The van der Waals surface area contributed by atoms with Crippen LogP contribution in [-0.4, -0.2) is 32.2 Å². The Morgan fingerprint density at radius 3 is 2.89 bits per heavy atom. The van der Waals surface area contributed by atoms with Crippen molar-refractivity contribution in [1.82, 2.24) is 5.32 Å². The van der Waals surface area contributed by atoms with Gasteiger partial charge in [-0.25, -0.2) is 0 Å². The molecule has 1 aromatic carbocycles. The zero-order valence-corrected chi connectivity index (χ0v) is 11.5. The summed E-state index contributed by atoms with van der Waals surface area (Å²) in [5.41, 5.74) is 2.13. The minimum absolute atomic E-state index is 0.123. The third-order valence-electron chi connectivity index (χ3n) is 2.76.